The first kappa shape index (κ1) is 12.4. The first-order valence-electron chi connectivity index (χ1n) is 5.18. The fourth-order valence-corrected chi connectivity index (χ4v) is 1.77. The van der Waals surface area contributed by atoms with Crippen LogP contribution in [0.2, 0.25) is 0 Å². The van der Waals surface area contributed by atoms with Crippen molar-refractivity contribution in [2.24, 2.45) is 0 Å². The molecule has 92 valence electrons. The molecule has 0 aliphatic rings. The predicted octanol–water partition coefficient (Wildman–Crippen LogP) is 1.04. The minimum atomic E-state index is -1.27. The molecule has 0 fully saturated rings. The van der Waals surface area contributed by atoms with Gasteiger partial charge < -0.3 is 14.6 Å². The number of carbonyl (C=O) groups is 2. The van der Waals surface area contributed by atoms with Crippen LogP contribution < -0.4 is 9.84 Å². The SMILES string of the molecule is O=C(CS)Oc1cccc2c(C(=O)[O-])cccc12. The van der Waals surface area contributed by atoms with Crippen LogP contribution >= 0.6 is 12.6 Å². The van der Waals surface area contributed by atoms with E-state index in [-0.39, 0.29) is 11.3 Å². The highest BCUT2D eigenvalue weighted by Gasteiger charge is 2.09. The number of aromatic carboxylic acids is 1. The third-order valence-corrected chi connectivity index (χ3v) is 2.71. The Kier molecular flexibility index (Phi) is 3.53. The molecule has 0 saturated carbocycles. The monoisotopic (exact) mass is 261 g/mol. The number of rotatable bonds is 3. The van der Waals surface area contributed by atoms with Crippen molar-refractivity contribution in [2.45, 2.75) is 0 Å². The van der Waals surface area contributed by atoms with Crippen molar-refractivity contribution < 1.29 is 19.4 Å². The Morgan fingerprint density at radius 3 is 2.44 bits per heavy atom. The van der Waals surface area contributed by atoms with Gasteiger partial charge in [-0.05, 0) is 11.5 Å². The highest BCUT2D eigenvalue weighted by molar-refractivity contribution is 7.81. The number of hydrogen-bond donors (Lipinski definition) is 1. The zero-order valence-corrected chi connectivity index (χ0v) is 10.1. The minimum Gasteiger partial charge on any atom is -0.545 e. The maximum Gasteiger partial charge on any atom is 0.321 e. The van der Waals surface area contributed by atoms with Crippen molar-refractivity contribution in [2.75, 3.05) is 5.75 Å². The molecular formula is C13H9O4S-. The lowest BCUT2D eigenvalue weighted by atomic mass is 10.0. The molecule has 2 aromatic carbocycles. The fraction of sp³-hybridized carbons (Fsp3) is 0.0769. The maximum atomic E-state index is 11.2. The lowest BCUT2D eigenvalue weighted by Crippen LogP contribution is -2.22. The maximum absolute atomic E-state index is 11.2. The first-order chi connectivity index (χ1) is 8.63. The summed E-state index contributed by atoms with van der Waals surface area (Å²) in [6.45, 7) is 0. The second kappa shape index (κ2) is 5.10. The van der Waals surface area contributed by atoms with Gasteiger partial charge in [-0.1, -0.05) is 30.3 Å². The number of fused-ring (bicyclic) bond motifs is 1. The van der Waals surface area contributed by atoms with Crippen LogP contribution in [0.5, 0.6) is 5.75 Å². The molecule has 0 unspecified atom stereocenters. The van der Waals surface area contributed by atoms with Gasteiger partial charge in [-0.2, -0.15) is 12.6 Å². The van der Waals surface area contributed by atoms with Crippen LogP contribution in [0.3, 0.4) is 0 Å². The zero-order chi connectivity index (χ0) is 13.1. The fourth-order valence-electron chi connectivity index (χ4n) is 1.70. The normalized spacial score (nSPS) is 10.3. The standard InChI is InChI=1S/C13H10O4S/c14-12(7-18)17-11-6-2-3-8-9(11)4-1-5-10(8)13(15)16/h1-6,18H,7H2,(H,15,16)/p-1. The van der Waals surface area contributed by atoms with Gasteiger partial charge in [-0.3, -0.25) is 4.79 Å². The number of esters is 1. The predicted molar refractivity (Wildman–Crippen MR) is 67.8 cm³/mol. The van der Waals surface area contributed by atoms with Crippen LogP contribution in [0.15, 0.2) is 36.4 Å². The average molecular weight is 261 g/mol. The molecular weight excluding hydrogens is 252 g/mol. The van der Waals surface area contributed by atoms with Crippen molar-refractivity contribution in [3.8, 4) is 5.75 Å². The summed E-state index contributed by atoms with van der Waals surface area (Å²) in [7, 11) is 0. The number of ether oxygens (including phenoxy) is 1. The molecule has 0 atom stereocenters. The highest BCUT2D eigenvalue weighted by Crippen LogP contribution is 2.27. The number of benzene rings is 2. The topological polar surface area (TPSA) is 66.4 Å². The minimum absolute atomic E-state index is 0.0451. The summed E-state index contributed by atoms with van der Waals surface area (Å²) in [5.74, 6) is -1.49. The number of carbonyl (C=O) groups excluding carboxylic acids is 2. The van der Waals surface area contributed by atoms with Crippen LogP contribution in [-0.2, 0) is 4.79 Å². The van der Waals surface area contributed by atoms with E-state index in [9.17, 15) is 14.7 Å². The van der Waals surface area contributed by atoms with Crippen molar-refractivity contribution in [1.82, 2.24) is 0 Å². The summed E-state index contributed by atoms with van der Waals surface area (Å²) < 4.78 is 5.08. The van der Waals surface area contributed by atoms with Crippen molar-refractivity contribution >= 4 is 35.3 Å². The molecule has 0 aliphatic carbocycles. The molecule has 0 radical (unpaired) electrons. The number of carboxylic acids is 1. The van der Waals surface area contributed by atoms with E-state index >= 15 is 0 Å². The summed E-state index contributed by atoms with van der Waals surface area (Å²) in [6, 6.07) is 9.56. The molecule has 0 bridgehead atoms. The Bertz CT molecular complexity index is 621. The summed E-state index contributed by atoms with van der Waals surface area (Å²) in [4.78, 5) is 22.2. The van der Waals surface area contributed by atoms with E-state index in [4.69, 9.17) is 4.74 Å². The molecule has 0 saturated heterocycles. The molecule has 4 nitrogen and oxygen atoms in total. The van der Waals surface area contributed by atoms with Gasteiger partial charge in [0.25, 0.3) is 0 Å². The van der Waals surface area contributed by atoms with Gasteiger partial charge in [-0.15, -0.1) is 0 Å². The molecule has 0 amide bonds. The Balaban J connectivity index is 2.60. The smallest absolute Gasteiger partial charge is 0.321 e. The summed E-state index contributed by atoms with van der Waals surface area (Å²) in [5.41, 5.74) is 0.0660. The van der Waals surface area contributed by atoms with Crippen molar-refractivity contribution in [3.63, 3.8) is 0 Å². The van der Waals surface area contributed by atoms with Gasteiger partial charge in [0.1, 0.15) is 5.75 Å². The van der Waals surface area contributed by atoms with E-state index in [0.29, 0.717) is 16.5 Å². The van der Waals surface area contributed by atoms with Gasteiger partial charge in [0, 0.05) is 10.9 Å². The Morgan fingerprint density at radius 1 is 1.11 bits per heavy atom. The Hall–Kier alpha value is -2.01. The average Bonchev–Trinajstić information content (AvgIpc) is 2.38. The summed E-state index contributed by atoms with van der Waals surface area (Å²) in [6.07, 6.45) is 0. The Labute approximate surface area is 109 Å². The third-order valence-electron chi connectivity index (χ3n) is 2.45. The molecule has 2 rings (SSSR count). The second-order valence-electron chi connectivity index (χ2n) is 3.58. The lowest BCUT2D eigenvalue weighted by Gasteiger charge is -2.10. The van der Waals surface area contributed by atoms with Crippen molar-refractivity contribution in [1.29, 1.82) is 0 Å². The number of hydrogen-bond acceptors (Lipinski definition) is 5. The van der Waals surface area contributed by atoms with Crippen LogP contribution in [-0.4, -0.2) is 17.7 Å². The first-order valence-corrected chi connectivity index (χ1v) is 5.81. The van der Waals surface area contributed by atoms with E-state index in [0.717, 1.165) is 0 Å². The van der Waals surface area contributed by atoms with E-state index in [1.54, 1.807) is 30.3 Å². The molecule has 0 aliphatic heterocycles. The molecule has 0 N–H and O–H groups in total. The van der Waals surface area contributed by atoms with Gasteiger partial charge in [-0.25, -0.2) is 0 Å². The number of thiol groups is 1. The highest BCUT2D eigenvalue weighted by atomic mass is 32.1. The van der Waals surface area contributed by atoms with Gasteiger partial charge in [0.15, 0.2) is 0 Å². The summed E-state index contributed by atoms with van der Waals surface area (Å²) in [5, 5.41) is 12.0. The van der Waals surface area contributed by atoms with Gasteiger partial charge in [0.2, 0.25) is 0 Å². The van der Waals surface area contributed by atoms with E-state index in [2.05, 4.69) is 12.6 Å². The van der Waals surface area contributed by atoms with E-state index in [1.807, 2.05) is 0 Å². The van der Waals surface area contributed by atoms with E-state index < -0.39 is 11.9 Å². The zero-order valence-electron chi connectivity index (χ0n) is 9.25. The van der Waals surface area contributed by atoms with Crippen molar-refractivity contribution in [3.05, 3.63) is 42.0 Å². The van der Waals surface area contributed by atoms with Crippen LogP contribution in [0.25, 0.3) is 10.8 Å². The number of carboxylic acid groups (broad SMARTS) is 1. The van der Waals surface area contributed by atoms with Gasteiger partial charge in [0.05, 0.1) is 11.7 Å². The molecule has 0 heterocycles. The van der Waals surface area contributed by atoms with Crippen LogP contribution in [0.4, 0.5) is 0 Å². The molecule has 5 heteroatoms. The van der Waals surface area contributed by atoms with E-state index in [1.165, 1.54) is 6.07 Å². The third kappa shape index (κ3) is 2.31. The molecule has 18 heavy (non-hydrogen) atoms. The quantitative estimate of drug-likeness (QED) is 0.509. The Morgan fingerprint density at radius 2 is 1.78 bits per heavy atom. The largest absolute Gasteiger partial charge is 0.545 e. The lowest BCUT2D eigenvalue weighted by molar-refractivity contribution is -0.254. The second-order valence-corrected chi connectivity index (χ2v) is 3.89. The summed E-state index contributed by atoms with van der Waals surface area (Å²) >= 11 is 3.81. The van der Waals surface area contributed by atoms with Crippen LogP contribution in [0.1, 0.15) is 10.4 Å². The molecule has 0 spiro atoms. The molecule has 0 aromatic heterocycles. The van der Waals surface area contributed by atoms with Gasteiger partial charge >= 0.3 is 5.97 Å². The van der Waals surface area contributed by atoms with Crippen LogP contribution in [0, 0.1) is 0 Å². The molecule has 2 aromatic rings.